The number of hydrogen-bond donors (Lipinski definition) is 1. The first kappa shape index (κ1) is 14.9. The van der Waals surface area contributed by atoms with E-state index in [-0.39, 0.29) is 5.82 Å². The van der Waals surface area contributed by atoms with E-state index in [0.29, 0.717) is 22.5 Å². The van der Waals surface area contributed by atoms with Crippen molar-refractivity contribution in [3.63, 3.8) is 0 Å². The van der Waals surface area contributed by atoms with Crippen molar-refractivity contribution in [3.05, 3.63) is 34.1 Å². The molecule has 1 aromatic carbocycles. The topological polar surface area (TPSA) is 15.3 Å². The molecule has 0 amide bonds. The van der Waals surface area contributed by atoms with Gasteiger partial charge in [-0.05, 0) is 59.6 Å². The van der Waals surface area contributed by atoms with Gasteiger partial charge in [-0.1, -0.05) is 19.9 Å². The summed E-state index contributed by atoms with van der Waals surface area (Å²) in [5, 5.41) is 3.52. The number of benzene rings is 1. The molecule has 1 heterocycles. The Bertz CT molecular complexity index is 436. The molecule has 4 heteroatoms. The van der Waals surface area contributed by atoms with Gasteiger partial charge in [-0.15, -0.1) is 0 Å². The SMILES string of the molecule is CC(C)NCC1CCN(C)C1c1ccc(F)c(Br)c1. The summed E-state index contributed by atoms with van der Waals surface area (Å²) in [4.78, 5) is 2.37. The largest absolute Gasteiger partial charge is 0.314 e. The van der Waals surface area contributed by atoms with E-state index in [2.05, 4.69) is 47.0 Å². The minimum absolute atomic E-state index is 0.193. The Kier molecular flexibility index (Phi) is 4.98. The normalized spacial score (nSPS) is 24.3. The molecular formula is C15H22BrFN2. The molecule has 0 aliphatic carbocycles. The van der Waals surface area contributed by atoms with Crippen molar-refractivity contribution in [2.24, 2.45) is 5.92 Å². The molecule has 106 valence electrons. The molecule has 2 nitrogen and oxygen atoms in total. The van der Waals surface area contributed by atoms with Crippen molar-refractivity contribution in [2.75, 3.05) is 20.1 Å². The van der Waals surface area contributed by atoms with E-state index in [4.69, 9.17) is 0 Å². The van der Waals surface area contributed by atoms with Crippen LogP contribution in [0.3, 0.4) is 0 Å². The van der Waals surface area contributed by atoms with Crippen molar-refractivity contribution >= 4 is 15.9 Å². The molecule has 1 aromatic rings. The van der Waals surface area contributed by atoms with Gasteiger partial charge in [0, 0.05) is 18.6 Å². The molecule has 0 aromatic heterocycles. The fourth-order valence-corrected chi connectivity index (χ4v) is 3.25. The Balaban J connectivity index is 2.16. The fourth-order valence-electron chi connectivity index (χ4n) is 2.85. The van der Waals surface area contributed by atoms with E-state index in [1.54, 1.807) is 6.07 Å². The Labute approximate surface area is 123 Å². The standard InChI is InChI=1S/C15H22BrFN2/c1-10(2)18-9-12-6-7-19(3)15(12)11-4-5-14(17)13(16)8-11/h4-5,8,10,12,15,18H,6-7,9H2,1-3H3. The smallest absolute Gasteiger partial charge is 0.137 e. The second kappa shape index (κ2) is 6.33. The third kappa shape index (κ3) is 3.56. The highest BCUT2D eigenvalue weighted by molar-refractivity contribution is 9.10. The first-order chi connectivity index (χ1) is 8.99. The van der Waals surface area contributed by atoms with E-state index in [9.17, 15) is 4.39 Å². The zero-order valence-electron chi connectivity index (χ0n) is 11.8. The number of hydrogen-bond acceptors (Lipinski definition) is 2. The molecule has 1 fully saturated rings. The molecule has 2 rings (SSSR count). The Hall–Kier alpha value is -0.450. The Morgan fingerprint density at radius 1 is 1.47 bits per heavy atom. The van der Waals surface area contributed by atoms with Gasteiger partial charge in [-0.25, -0.2) is 4.39 Å². The van der Waals surface area contributed by atoms with Gasteiger partial charge < -0.3 is 5.32 Å². The van der Waals surface area contributed by atoms with Crippen LogP contribution in [0.5, 0.6) is 0 Å². The van der Waals surface area contributed by atoms with Gasteiger partial charge in [0.2, 0.25) is 0 Å². The predicted molar refractivity (Wildman–Crippen MR) is 80.7 cm³/mol. The van der Waals surface area contributed by atoms with Crippen LogP contribution in [0.4, 0.5) is 4.39 Å². The number of nitrogens with one attached hydrogen (secondary N) is 1. The van der Waals surface area contributed by atoms with Gasteiger partial charge in [-0.3, -0.25) is 4.90 Å². The molecule has 0 radical (unpaired) electrons. The van der Waals surface area contributed by atoms with Crippen LogP contribution in [0.25, 0.3) is 0 Å². The van der Waals surface area contributed by atoms with Crippen molar-refractivity contribution < 1.29 is 4.39 Å². The Morgan fingerprint density at radius 3 is 2.84 bits per heavy atom. The monoisotopic (exact) mass is 328 g/mol. The average Bonchev–Trinajstić information content (AvgIpc) is 2.71. The molecule has 0 bridgehead atoms. The summed E-state index contributed by atoms with van der Waals surface area (Å²) >= 11 is 3.29. The number of nitrogens with zero attached hydrogens (tertiary/aromatic N) is 1. The number of halogens is 2. The first-order valence-corrected chi connectivity index (χ1v) is 7.67. The fraction of sp³-hybridized carbons (Fsp3) is 0.600. The summed E-state index contributed by atoms with van der Waals surface area (Å²) in [7, 11) is 2.15. The molecule has 1 aliphatic heterocycles. The van der Waals surface area contributed by atoms with Crippen molar-refractivity contribution in [1.82, 2.24) is 10.2 Å². The minimum Gasteiger partial charge on any atom is -0.314 e. The summed E-state index contributed by atoms with van der Waals surface area (Å²) in [6.07, 6.45) is 1.19. The van der Waals surface area contributed by atoms with Gasteiger partial charge in [-0.2, -0.15) is 0 Å². The molecule has 1 aliphatic rings. The highest BCUT2D eigenvalue weighted by Crippen LogP contribution is 2.37. The van der Waals surface area contributed by atoms with Crippen LogP contribution in [0, 0.1) is 11.7 Å². The third-order valence-electron chi connectivity index (χ3n) is 3.85. The zero-order valence-corrected chi connectivity index (χ0v) is 13.4. The van der Waals surface area contributed by atoms with Crippen LogP contribution in [-0.2, 0) is 0 Å². The summed E-state index contributed by atoms with van der Waals surface area (Å²) in [5.74, 6) is 0.394. The van der Waals surface area contributed by atoms with E-state index in [1.165, 1.54) is 12.0 Å². The van der Waals surface area contributed by atoms with Crippen LogP contribution in [-0.4, -0.2) is 31.1 Å². The van der Waals surface area contributed by atoms with Crippen LogP contribution >= 0.6 is 15.9 Å². The van der Waals surface area contributed by atoms with Crippen molar-refractivity contribution in [2.45, 2.75) is 32.4 Å². The van der Waals surface area contributed by atoms with E-state index < -0.39 is 0 Å². The maximum absolute atomic E-state index is 13.4. The van der Waals surface area contributed by atoms with Crippen molar-refractivity contribution in [3.8, 4) is 0 Å². The second-order valence-electron chi connectivity index (χ2n) is 5.71. The lowest BCUT2D eigenvalue weighted by Crippen LogP contribution is -2.32. The highest BCUT2D eigenvalue weighted by atomic mass is 79.9. The molecular weight excluding hydrogens is 307 g/mol. The maximum Gasteiger partial charge on any atom is 0.137 e. The third-order valence-corrected chi connectivity index (χ3v) is 4.46. The second-order valence-corrected chi connectivity index (χ2v) is 6.57. The lowest BCUT2D eigenvalue weighted by Gasteiger charge is -2.26. The number of rotatable bonds is 4. The summed E-state index contributed by atoms with van der Waals surface area (Å²) in [5.41, 5.74) is 1.20. The van der Waals surface area contributed by atoms with Gasteiger partial charge in [0.25, 0.3) is 0 Å². The van der Waals surface area contributed by atoms with Gasteiger partial charge in [0.05, 0.1) is 4.47 Å². The molecule has 0 spiro atoms. The zero-order chi connectivity index (χ0) is 14.0. The van der Waals surface area contributed by atoms with Gasteiger partial charge in [0.1, 0.15) is 5.82 Å². The number of likely N-dealkylation sites (tertiary alicyclic amines) is 1. The van der Waals surface area contributed by atoms with E-state index in [1.807, 2.05) is 12.1 Å². The Morgan fingerprint density at radius 2 is 2.21 bits per heavy atom. The van der Waals surface area contributed by atoms with Crippen LogP contribution in [0.1, 0.15) is 31.9 Å². The maximum atomic E-state index is 13.4. The van der Waals surface area contributed by atoms with Crippen LogP contribution < -0.4 is 5.32 Å². The summed E-state index contributed by atoms with van der Waals surface area (Å²) in [6, 6.07) is 6.27. The average molecular weight is 329 g/mol. The van der Waals surface area contributed by atoms with Gasteiger partial charge in [0.15, 0.2) is 0 Å². The van der Waals surface area contributed by atoms with Gasteiger partial charge >= 0.3 is 0 Å². The predicted octanol–water partition coefficient (Wildman–Crippen LogP) is 3.58. The van der Waals surface area contributed by atoms with Crippen LogP contribution in [0.15, 0.2) is 22.7 Å². The molecule has 0 saturated carbocycles. The first-order valence-electron chi connectivity index (χ1n) is 6.87. The summed E-state index contributed by atoms with van der Waals surface area (Å²) < 4.78 is 13.9. The summed E-state index contributed by atoms with van der Waals surface area (Å²) in [6.45, 7) is 6.45. The van der Waals surface area contributed by atoms with Crippen LogP contribution in [0.2, 0.25) is 0 Å². The minimum atomic E-state index is -0.193. The molecule has 2 unspecified atom stereocenters. The lowest BCUT2D eigenvalue weighted by atomic mass is 9.93. The molecule has 1 saturated heterocycles. The van der Waals surface area contributed by atoms with Crippen molar-refractivity contribution in [1.29, 1.82) is 0 Å². The van der Waals surface area contributed by atoms with E-state index in [0.717, 1.165) is 13.1 Å². The highest BCUT2D eigenvalue weighted by Gasteiger charge is 2.32. The molecule has 19 heavy (non-hydrogen) atoms. The van der Waals surface area contributed by atoms with E-state index >= 15 is 0 Å². The molecule has 1 N–H and O–H groups in total. The lowest BCUT2D eigenvalue weighted by molar-refractivity contribution is 0.269. The quantitative estimate of drug-likeness (QED) is 0.908. The molecule has 2 atom stereocenters.